The molecule has 2 heterocycles. The summed E-state index contributed by atoms with van der Waals surface area (Å²) in [5.74, 6) is 1.09. The minimum absolute atomic E-state index is 0.0618. The molecule has 166 valence electrons. The Morgan fingerprint density at radius 2 is 2.03 bits per heavy atom. The van der Waals surface area contributed by atoms with Crippen molar-refractivity contribution in [1.29, 1.82) is 0 Å². The smallest absolute Gasteiger partial charge is 0.262 e. The van der Waals surface area contributed by atoms with Crippen LogP contribution in [-0.4, -0.2) is 49.2 Å². The van der Waals surface area contributed by atoms with E-state index in [0.29, 0.717) is 18.4 Å². The second kappa shape index (κ2) is 7.04. The number of nitrogens with zero attached hydrogens (tertiary/aromatic N) is 2. The summed E-state index contributed by atoms with van der Waals surface area (Å²) in [5, 5.41) is 0. The van der Waals surface area contributed by atoms with Crippen LogP contribution in [0.3, 0.4) is 0 Å². The number of guanidine groups is 1. The topological polar surface area (TPSA) is 77.2 Å². The molecule has 2 spiro atoms. The average Bonchev–Trinajstić information content (AvgIpc) is 3.37. The summed E-state index contributed by atoms with van der Waals surface area (Å²) in [5.41, 5.74) is 9.16. The van der Waals surface area contributed by atoms with Gasteiger partial charge in [-0.3, -0.25) is 9.69 Å². The van der Waals surface area contributed by atoms with E-state index in [2.05, 4.69) is 18.2 Å². The highest BCUT2D eigenvalue weighted by Crippen LogP contribution is 2.62. The number of fused-ring (bicyclic) bond motifs is 3. The van der Waals surface area contributed by atoms with Crippen molar-refractivity contribution in [2.24, 2.45) is 16.1 Å². The fraction of sp³-hybridized carbons (Fsp3) is 0.680. The molecule has 5 aliphatic rings. The van der Waals surface area contributed by atoms with Crippen LogP contribution in [0, 0.1) is 5.41 Å². The first-order valence-corrected chi connectivity index (χ1v) is 12.0. The molecular formula is C25H33N3O3. The third-order valence-corrected chi connectivity index (χ3v) is 8.62. The van der Waals surface area contributed by atoms with Crippen molar-refractivity contribution in [1.82, 2.24) is 4.90 Å². The molecule has 2 N–H and O–H groups in total. The Balaban J connectivity index is 1.43. The van der Waals surface area contributed by atoms with Gasteiger partial charge >= 0.3 is 0 Å². The summed E-state index contributed by atoms with van der Waals surface area (Å²) in [4.78, 5) is 21.1. The van der Waals surface area contributed by atoms with Gasteiger partial charge in [-0.2, -0.15) is 0 Å². The van der Waals surface area contributed by atoms with Crippen LogP contribution in [0.25, 0.3) is 0 Å². The van der Waals surface area contributed by atoms with Gasteiger partial charge in [-0.15, -0.1) is 0 Å². The summed E-state index contributed by atoms with van der Waals surface area (Å²) in [6.07, 6.45) is 9.57. The number of hydrogen-bond acceptors (Lipinski definition) is 5. The lowest BCUT2D eigenvalue weighted by Crippen LogP contribution is -2.53. The number of hydrogen-bond donors (Lipinski definition) is 1. The zero-order valence-corrected chi connectivity index (χ0v) is 18.4. The number of nitrogens with two attached hydrogens (primary N) is 1. The first kappa shape index (κ1) is 19.7. The van der Waals surface area contributed by atoms with Gasteiger partial charge in [0.15, 0.2) is 11.5 Å². The highest BCUT2D eigenvalue weighted by atomic mass is 16.5. The summed E-state index contributed by atoms with van der Waals surface area (Å²) in [6, 6.07) is 6.85. The first-order valence-electron chi connectivity index (χ1n) is 12.0. The van der Waals surface area contributed by atoms with Crippen LogP contribution in [0.5, 0.6) is 0 Å². The van der Waals surface area contributed by atoms with Crippen LogP contribution in [0.4, 0.5) is 0 Å². The largest absolute Gasteiger partial charge is 0.381 e. The lowest BCUT2D eigenvalue weighted by atomic mass is 9.61. The van der Waals surface area contributed by atoms with Crippen molar-refractivity contribution in [2.75, 3.05) is 20.3 Å². The van der Waals surface area contributed by atoms with Gasteiger partial charge in [0.1, 0.15) is 0 Å². The maximum Gasteiger partial charge on any atom is 0.262 e. The molecule has 1 saturated heterocycles. The molecule has 6 rings (SSSR count). The second-order valence-corrected chi connectivity index (χ2v) is 10.3. The molecule has 6 heteroatoms. The molecular weight excluding hydrogens is 390 g/mol. The number of methoxy groups -OCH3 is 1. The molecule has 0 bridgehead atoms. The molecule has 2 saturated carbocycles. The van der Waals surface area contributed by atoms with E-state index in [1.54, 1.807) is 12.0 Å². The number of amides is 1. The molecule has 3 aliphatic carbocycles. The lowest BCUT2D eigenvalue weighted by molar-refractivity contribution is -0.139. The summed E-state index contributed by atoms with van der Waals surface area (Å²) in [6.45, 7) is 1.29. The molecule has 1 amide bonds. The molecule has 0 radical (unpaired) electrons. The van der Waals surface area contributed by atoms with Crippen molar-refractivity contribution in [3.63, 3.8) is 0 Å². The maximum atomic E-state index is 14.3. The molecule has 31 heavy (non-hydrogen) atoms. The quantitative estimate of drug-likeness (QED) is 0.807. The van der Waals surface area contributed by atoms with Crippen LogP contribution in [-0.2, 0) is 26.2 Å². The normalized spacial score (nSPS) is 37.1. The molecule has 0 unspecified atom stereocenters. The summed E-state index contributed by atoms with van der Waals surface area (Å²) < 4.78 is 11.5. The highest BCUT2D eigenvalue weighted by Gasteiger charge is 2.66. The molecule has 1 aromatic rings. The van der Waals surface area contributed by atoms with Gasteiger partial charge in [-0.1, -0.05) is 18.2 Å². The van der Waals surface area contributed by atoms with Gasteiger partial charge in [0.25, 0.3) is 5.91 Å². The molecule has 3 fully saturated rings. The van der Waals surface area contributed by atoms with Crippen LogP contribution in [0.15, 0.2) is 23.2 Å². The number of benzene rings is 1. The van der Waals surface area contributed by atoms with Gasteiger partial charge in [0, 0.05) is 19.1 Å². The van der Waals surface area contributed by atoms with E-state index >= 15 is 0 Å². The molecule has 6 nitrogen and oxygen atoms in total. The van der Waals surface area contributed by atoms with E-state index in [1.165, 1.54) is 24.0 Å². The third kappa shape index (κ3) is 2.83. The monoisotopic (exact) mass is 423 g/mol. The zero-order chi connectivity index (χ0) is 21.2. The summed E-state index contributed by atoms with van der Waals surface area (Å²) in [7, 11) is 1.80. The van der Waals surface area contributed by atoms with Crippen LogP contribution in [0.1, 0.15) is 74.0 Å². The minimum atomic E-state index is -0.880. The Hall–Kier alpha value is -1.92. The average molecular weight is 424 g/mol. The predicted molar refractivity (Wildman–Crippen MR) is 118 cm³/mol. The Morgan fingerprint density at radius 1 is 1.23 bits per heavy atom. The standard InChI is InChI=1S/C25H33N3O3/c1-30-19-8-10-24(11-9-19)14-18-7-6-17(16-4-5-16)13-21(18)25(24)22(29)28(23(26)27-25)15-20-3-2-12-31-20/h6-7,13,16,19-20H,2-5,8-12,14-15H2,1H3,(H2,26,27)/t19?,20-,24?,25-/m0/s1. The number of ether oxygens (including phenoxy) is 2. The SMILES string of the molecule is COC1CCC2(CC1)Cc1ccc(C3CC3)cc1[C@@]21N=C(N)N(C[C@@H]2CCCO2)C1=O. The first-order chi connectivity index (χ1) is 15.1. The lowest BCUT2D eigenvalue weighted by Gasteiger charge is -2.45. The minimum Gasteiger partial charge on any atom is -0.381 e. The number of carbonyl (C=O) groups is 1. The van der Waals surface area contributed by atoms with E-state index in [9.17, 15) is 4.79 Å². The second-order valence-electron chi connectivity index (χ2n) is 10.3. The Labute approximate surface area is 184 Å². The molecule has 1 aromatic carbocycles. The van der Waals surface area contributed by atoms with Gasteiger partial charge in [-0.05, 0) is 80.4 Å². The fourth-order valence-electron chi connectivity index (χ4n) is 6.72. The van der Waals surface area contributed by atoms with Gasteiger partial charge in [-0.25, -0.2) is 4.99 Å². The Morgan fingerprint density at radius 3 is 2.71 bits per heavy atom. The number of rotatable bonds is 4. The van der Waals surface area contributed by atoms with E-state index in [4.69, 9.17) is 20.2 Å². The van der Waals surface area contributed by atoms with Crippen LogP contribution < -0.4 is 5.73 Å². The van der Waals surface area contributed by atoms with Crippen molar-refractivity contribution < 1.29 is 14.3 Å². The summed E-state index contributed by atoms with van der Waals surface area (Å²) >= 11 is 0. The van der Waals surface area contributed by atoms with Crippen molar-refractivity contribution in [3.05, 3.63) is 34.9 Å². The fourth-order valence-corrected chi connectivity index (χ4v) is 6.72. The molecule has 0 aromatic heterocycles. The highest BCUT2D eigenvalue weighted by molar-refractivity contribution is 6.08. The van der Waals surface area contributed by atoms with E-state index in [-0.39, 0.29) is 23.5 Å². The zero-order valence-electron chi connectivity index (χ0n) is 18.4. The number of carbonyl (C=O) groups excluding carboxylic acids is 1. The molecule has 2 atom stereocenters. The molecule has 2 aliphatic heterocycles. The van der Waals surface area contributed by atoms with Gasteiger partial charge in [0.05, 0.1) is 18.8 Å². The van der Waals surface area contributed by atoms with Crippen molar-refractivity contribution in [3.8, 4) is 0 Å². The van der Waals surface area contributed by atoms with Crippen LogP contribution >= 0.6 is 0 Å². The van der Waals surface area contributed by atoms with Gasteiger partial charge < -0.3 is 15.2 Å². The van der Waals surface area contributed by atoms with Gasteiger partial charge in [0.2, 0.25) is 0 Å². The predicted octanol–water partition coefficient (Wildman–Crippen LogP) is 3.23. The maximum absolute atomic E-state index is 14.3. The van der Waals surface area contributed by atoms with Crippen LogP contribution in [0.2, 0.25) is 0 Å². The third-order valence-electron chi connectivity index (χ3n) is 8.62. The Kier molecular flexibility index (Phi) is 4.48. The van der Waals surface area contributed by atoms with E-state index in [1.807, 2.05) is 0 Å². The van der Waals surface area contributed by atoms with E-state index < -0.39 is 5.54 Å². The van der Waals surface area contributed by atoms with Crippen molar-refractivity contribution in [2.45, 2.75) is 81.5 Å². The number of aliphatic imine (C=N–C) groups is 1. The van der Waals surface area contributed by atoms with Crippen molar-refractivity contribution >= 4 is 11.9 Å². The Bertz CT molecular complexity index is 926. The van der Waals surface area contributed by atoms with E-state index in [0.717, 1.165) is 57.1 Å².